The number of aryl methyl sites for hydroxylation is 2. The fourth-order valence-corrected chi connectivity index (χ4v) is 2.54. The van der Waals surface area contributed by atoms with Gasteiger partial charge in [-0.05, 0) is 45.1 Å². The molecular formula is C13H22N2O2. The van der Waals surface area contributed by atoms with Gasteiger partial charge in [0.2, 0.25) is 5.89 Å². The summed E-state index contributed by atoms with van der Waals surface area (Å²) in [6.45, 7) is 5.91. The second-order valence-corrected chi connectivity index (χ2v) is 4.95. The van der Waals surface area contributed by atoms with E-state index in [4.69, 9.17) is 14.9 Å². The molecule has 1 aliphatic carbocycles. The molecular weight excluding hydrogens is 216 g/mol. The van der Waals surface area contributed by atoms with Crippen LogP contribution in [-0.4, -0.2) is 18.1 Å². The molecule has 0 bridgehead atoms. The number of rotatable bonds is 5. The molecule has 1 aliphatic rings. The maximum atomic E-state index is 5.74. The van der Waals surface area contributed by atoms with E-state index in [2.05, 4.69) is 4.98 Å². The molecule has 1 aromatic heterocycles. The predicted molar refractivity (Wildman–Crippen MR) is 65.5 cm³/mol. The van der Waals surface area contributed by atoms with Crippen molar-refractivity contribution in [3.05, 3.63) is 17.3 Å². The normalized spacial score (nSPS) is 24.4. The summed E-state index contributed by atoms with van der Waals surface area (Å²) in [6, 6.07) is 0. The minimum Gasteiger partial charge on any atom is -0.443 e. The first-order valence-corrected chi connectivity index (χ1v) is 6.41. The number of nitrogens with two attached hydrogens (primary N) is 1. The van der Waals surface area contributed by atoms with Gasteiger partial charge in [-0.3, -0.25) is 0 Å². The molecule has 1 aromatic rings. The van der Waals surface area contributed by atoms with Gasteiger partial charge in [-0.15, -0.1) is 0 Å². The Hall–Kier alpha value is -0.870. The zero-order valence-corrected chi connectivity index (χ0v) is 10.7. The van der Waals surface area contributed by atoms with E-state index in [1.807, 2.05) is 13.8 Å². The highest BCUT2D eigenvalue weighted by molar-refractivity contribution is 5.04. The number of ether oxygens (including phenoxy) is 1. The molecule has 4 nitrogen and oxygen atoms in total. The molecule has 17 heavy (non-hydrogen) atoms. The zero-order chi connectivity index (χ0) is 12.3. The SMILES string of the molecule is Cc1nc(COCC2CCCC2CN)oc1C. The van der Waals surface area contributed by atoms with Gasteiger partial charge in [0.05, 0.1) is 12.3 Å². The molecule has 0 spiro atoms. The summed E-state index contributed by atoms with van der Waals surface area (Å²) in [7, 11) is 0. The van der Waals surface area contributed by atoms with Crippen LogP contribution < -0.4 is 5.73 Å². The van der Waals surface area contributed by atoms with Crippen LogP contribution in [0.15, 0.2) is 4.42 Å². The second-order valence-electron chi connectivity index (χ2n) is 4.95. The van der Waals surface area contributed by atoms with Crippen molar-refractivity contribution in [3.63, 3.8) is 0 Å². The van der Waals surface area contributed by atoms with Gasteiger partial charge in [0.25, 0.3) is 0 Å². The van der Waals surface area contributed by atoms with Crippen molar-refractivity contribution < 1.29 is 9.15 Å². The van der Waals surface area contributed by atoms with Gasteiger partial charge in [-0.25, -0.2) is 4.98 Å². The monoisotopic (exact) mass is 238 g/mol. The van der Waals surface area contributed by atoms with E-state index >= 15 is 0 Å². The topological polar surface area (TPSA) is 61.3 Å². The molecule has 0 saturated heterocycles. The Labute approximate surface area is 103 Å². The largest absolute Gasteiger partial charge is 0.443 e. The molecule has 0 aromatic carbocycles. The Kier molecular flexibility index (Phi) is 4.18. The summed E-state index contributed by atoms with van der Waals surface area (Å²) in [6.07, 6.45) is 3.78. The fourth-order valence-electron chi connectivity index (χ4n) is 2.54. The van der Waals surface area contributed by atoms with Gasteiger partial charge >= 0.3 is 0 Å². The molecule has 2 atom stereocenters. The lowest BCUT2D eigenvalue weighted by Gasteiger charge is -2.17. The Balaban J connectivity index is 1.75. The Morgan fingerprint density at radius 1 is 1.35 bits per heavy atom. The minimum atomic E-state index is 0.475. The van der Waals surface area contributed by atoms with E-state index < -0.39 is 0 Å². The number of nitrogens with zero attached hydrogens (tertiary/aromatic N) is 1. The molecule has 0 radical (unpaired) electrons. The maximum Gasteiger partial charge on any atom is 0.220 e. The molecule has 1 heterocycles. The lowest BCUT2D eigenvalue weighted by molar-refractivity contribution is 0.0619. The smallest absolute Gasteiger partial charge is 0.220 e. The van der Waals surface area contributed by atoms with Crippen LogP contribution in [0.2, 0.25) is 0 Å². The Morgan fingerprint density at radius 2 is 2.12 bits per heavy atom. The summed E-state index contributed by atoms with van der Waals surface area (Å²) < 4.78 is 11.2. The van der Waals surface area contributed by atoms with Crippen LogP contribution in [0.25, 0.3) is 0 Å². The highest BCUT2D eigenvalue weighted by Crippen LogP contribution is 2.31. The van der Waals surface area contributed by atoms with Crippen molar-refractivity contribution in [1.29, 1.82) is 0 Å². The summed E-state index contributed by atoms with van der Waals surface area (Å²) in [5.41, 5.74) is 6.69. The zero-order valence-electron chi connectivity index (χ0n) is 10.7. The standard InChI is InChI=1S/C13H22N2O2/c1-9-10(2)17-13(15-9)8-16-7-12-5-3-4-11(12)6-14/h11-12H,3-8,14H2,1-2H3. The fraction of sp³-hybridized carbons (Fsp3) is 0.769. The molecule has 1 fully saturated rings. The van der Waals surface area contributed by atoms with Crippen LogP contribution in [0.1, 0.15) is 36.6 Å². The Morgan fingerprint density at radius 3 is 2.76 bits per heavy atom. The van der Waals surface area contributed by atoms with Crippen molar-refractivity contribution in [2.75, 3.05) is 13.2 Å². The van der Waals surface area contributed by atoms with Crippen LogP contribution in [0, 0.1) is 25.7 Å². The first-order valence-electron chi connectivity index (χ1n) is 6.41. The lowest BCUT2D eigenvalue weighted by atomic mass is 9.97. The van der Waals surface area contributed by atoms with Gasteiger partial charge in [-0.2, -0.15) is 0 Å². The van der Waals surface area contributed by atoms with E-state index in [1.54, 1.807) is 0 Å². The molecule has 1 saturated carbocycles. The number of aromatic nitrogens is 1. The number of hydrogen-bond acceptors (Lipinski definition) is 4. The van der Waals surface area contributed by atoms with Crippen LogP contribution in [0.4, 0.5) is 0 Å². The Bertz CT molecular complexity index is 343. The summed E-state index contributed by atoms with van der Waals surface area (Å²) in [5, 5.41) is 0. The summed E-state index contributed by atoms with van der Waals surface area (Å²) in [5.74, 6) is 2.83. The second kappa shape index (κ2) is 5.65. The van der Waals surface area contributed by atoms with Crippen molar-refractivity contribution in [3.8, 4) is 0 Å². The highest BCUT2D eigenvalue weighted by Gasteiger charge is 2.26. The first-order chi connectivity index (χ1) is 8.20. The van der Waals surface area contributed by atoms with Crippen molar-refractivity contribution in [2.45, 2.75) is 39.7 Å². The van der Waals surface area contributed by atoms with E-state index in [1.165, 1.54) is 19.3 Å². The van der Waals surface area contributed by atoms with Crippen molar-refractivity contribution >= 4 is 0 Å². The van der Waals surface area contributed by atoms with Crippen LogP contribution in [0.5, 0.6) is 0 Å². The van der Waals surface area contributed by atoms with Crippen molar-refractivity contribution in [1.82, 2.24) is 4.98 Å². The molecule has 4 heteroatoms. The maximum absolute atomic E-state index is 5.74. The molecule has 2 N–H and O–H groups in total. The molecule has 2 rings (SSSR count). The third-order valence-electron chi connectivity index (χ3n) is 3.75. The molecule has 0 amide bonds. The summed E-state index contributed by atoms with van der Waals surface area (Å²) in [4.78, 5) is 4.30. The third-order valence-corrected chi connectivity index (χ3v) is 3.75. The van der Waals surface area contributed by atoms with E-state index in [-0.39, 0.29) is 0 Å². The predicted octanol–water partition coefficient (Wildman–Crippen LogP) is 2.18. The molecule has 0 aliphatic heterocycles. The van der Waals surface area contributed by atoms with Gasteiger partial charge in [-0.1, -0.05) is 6.42 Å². The molecule has 2 unspecified atom stereocenters. The third kappa shape index (κ3) is 3.07. The van der Waals surface area contributed by atoms with E-state index in [9.17, 15) is 0 Å². The summed E-state index contributed by atoms with van der Waals surface area (Å²) >= 11 is 0. The van der Waals surface area contributed by atoms with Crippen molar-refractivity contribution in [2.24, 2.45) is 17.6 Å². The van der Waals surface area contributed by atoms with Gasteiger partial charge in [0.15, 0.2) is 0 Å². The van der Waals surface area contributed by atoms with Gasteiger partial charge in [0, 0.05) is 0 Å². The van der Waals surface area contributed by atoms with Crippen LogP contribution in [0.3, 0.4) is 0 Å². The van der Waals surface area contributed by atoms with Gasteiger partial charge < -0.3 is 14.9 Å². The highest BCUT2D eigenvalue weighted by atomic mass is 16.5. The van der Waals surface area contributed by atoms with Gasteiger partial charge in [0.1, 0.15) is 12.4 Å². The van der Waals surface area contributed by atoms with E-state index in [0.717, 1.165) is 24.6 Å². The quantitative estimate of drug-likeness (QED) is 0.854. The molecule has 96 valence electrons. The van der Waals surface area contributed by atoms with Crippen LogP contribution >= 0.6 is 0 Å². The average Bonchev–Trinajstić information content (AvgIpc) is 2.87. The number of oxazole rings is 1. The minimum absolute atomic E-state index is 0.475. The first kappa shape index (κ1) is 12.6. The van der Waals surface area contributed by atoms with Crippen LogP contribution in [-0.2, 0) is 11.3 Å². The number of hydrogen-bond donors (Lipinski definition) is 1. The lowest BCUT2D eigenvalue weighted by Crippen LogP contribution is -2.22. The average molecular weight is 238 g/mol. The van der Waals surface area contributed by atoms with E-state index in [0.29, 0.717) is 24.3 Å².